The van der Waals surface area contributed by atoms with Crippen molar-refractivity contribution >= 4 is 11.8 Å². The lowest BCUT2D eigenvalue weighted by atomic mass is 9.75. The first-order valence-corrected chi connectivity index (χ1v) is 7.97. The number of aromatic carboxylic acids is 1. The number of carbonyl (C=O) groups is 1. The highest BCUT2D eigenvalue weighted by molar-refractivity contribution is 5.93. The Balaban J connectivity index is 1.80. The molecule has 0 spiro atoms. The molecule has 1 fully saturated rings. The van der Waals surface area contributed by atoms with E-state index in [1.807, 2.05) is 6.07 Å². The molecular formula is C17H24N2O2. The Morgan fingerprint density at radius 1 is 1.33 bits per heavy atom. The van der Waals surface area contributed by atoms with Gasteiger partial charge >= 0.3 is 5.97 Å². The number of carboxylic acids is 1. The molecular weight excluding hydrogens is 264 g/mol. The van der Waals surface area contributed by atoms with E-state index in [2.05, 4.69) is 24.1 Å². The van der Waals surface area contributed by atoms with Crippen molar-refractivity contribution in [2.75, 3.05) is 5.32 Å². The van der Waals surface area contributed by atoms with Gasteiger partial charge in [0, 0.05) is 11.7 Å². The van der Waals surface area contributed by atoms with Gasteiger partial charge in [-0.1, -0.05) is 13.8 Å². The second-order valence-electron chi connectivity index (χ2n) is 7.23. The van der Waals surface area contributed by atoms with Gasteiger partial charge < -0.3 is 10.4 Å². The average molecular weight is 288 g/mol. The van der Waals surface area contributed by atoms with Crippen LogP contribution >= 0.6 is 0 Å². The predicted molar refractivity (Wildman–Crippen MR) is 82.9 cm³/mol. The molecule has 0 saturated heterocycles. The van der Waals surface area contributed by atoms with Crippen LogP contribution < -0.4 is 5.32 Å². The minimum Gasteiger partial charge on any atom is -0.478 e. The molecule has 2 aliphatic rings. The fourth-order valence-corrected chi connectivity index (χ4v) is 3.48. The zero-order chi connectivity index (χ0) is 15.0. The molecule has 1 saturated carbocycles. The second kappa shape index (κ2) is 5.32. The van der Waals surface area contributed by atoms with Crippen LogP contribution in [0.25, 0.3) is 0 Å². The van der Waals surface area contributed by atoms with Gasteiger partial charge in [-0.15, -0.1) is 0 Å². The second-order valence-corrected chi connectivity index (χ2v) is 7.23. The van der Waals surface area contributed by atoms with Crippen LogP contribution in [-0.2, 0) is 12.8 Å². The highest BCUT2D eigenvalue weighted by Crippen LogP contribution is 2.36. The molecule has 3 rings (SSSR count). The lowest BCUT2D eigenvalue weighted by Crippen LogP contribution is -2.31. The van der Waals surface area contributed by atoms with Crippen molar-refractivity contribution in [1.29, 1.82) is 0 Å². The minimum atomic E-state index is -0.879. The summed E-state index contributed by atoms with van der Waals surface area (Å²) in [5, 5.41) is 12.8. The zero-order valence-corrected chi connectivity index (χ0v) is 12.9. The molecule has 0 radical (unpaired) electrons. The van der Waals surface area contributed by atoms with Gasteiger partial charge in [-0.25, -0.2) is 9.78 Å². The van der Waals surface area contributed by atoms with E-state index in [-0.39, 0.29) is 0 Å². The molecule has 4 heteroatoms. The van der Waals surface area contributed by atoms with Crippen LogP contribution in [0.3, 0.4) is 0 Å². The van der Waals surface area contributed by atoms with Crippen molar-refractivity contribution < 1.29 is 9.90 Å². The summed E-state index contributed by atoms with van der Waals surface area (Å²) in [5.41, 5.74) is 2.95. The smallest absolute Gasteiger partial charge is 0.339 e. The van der Waals surface area contributed by atoms with Crippen LogP contribution in [0.4, 0.5) is 5.82 Å². The first kappa shape index (κ1) is 14.4. The summed E-state index contributed by atoms with van der Waals surface area (Å²) < 4.78 is 0. The van der Waals surface area contributed by atoms with E-state index < -0.39 is 5.97 Å². The maximum atomic E-state index is 11.5. The average Bonchev–Trinajstić information content (AvgIpc) is 2.87. The summed E-state index contributed by atoms with van der Waals surface area (Å²) in [6.07, 6.45) is 7.55. The lowest BCUT2D eigenvalue weighted by molar-refractivity contribution is 0.0697. The number of aromatic nitrogens is 1. The zero-order valence-electron chi connectivity index (χ0n) is 12.9. The first-order chi connectivity index (χ1) is 9.94. The van der Waals surface area contributed by atoms with Crippen molar-refractivity contribution in [2.45, 2.75) is 64.8 Å². The summed E-state index contributed by atoms with van der Waals surface area (Å²) in [7, 11) is 0. The fraction of sp³-hybridized carbons (Fsp3) is 0.647. The summed E-state index contributed by atoms with van der Waals surface area (Å²) in [5.74, 6) is -0.302. The number of hydrogen-bond acceptors (Lipinski definition) is 3. The topological polar surface area (TPSA) is 62.2 Å². The standard InChI is InChI=1S/C17H24N2O2/c1-17(2)8-6-12(7-9-17)18-15-13(16(20)21)10-11-4-3-5-14(11)19-15/h10,12H,3-9H2,1-2H3,(H,18,19)(H,20,21). The van der Waals surface area contributed by atoms with Crippen molar-refractivity contribution in [3.8, 4) is 0 Å². The molecule has 2 aliphatic carbocycles. The van der Waals surface area contributed by atoms with E-state index in [1.165, 1.54) is 12.8 Å². The molecule has 0 amide bonds. The Hall–Kier alpha value is -1.58. The van der Waals surface area contributed by atoms with Crippen molar-refractivity contribution in [3.63, 3.8) is 0 Å². The third kappa shape index (κ3) is 3.04. The molecule has 1 aromatic heterocycles. The number of fused-ring (bicyclic) bond motifs is 1. The number of pyridine rings is 1. The lowest BCUT2D eigenvalue weighted by Gasteiger charge is -2.35. The Morgan fingerprint density at radius 2 is 2.05 bits per heavy atom. The van der Waals surface area contributed by atoms with E-state index in [0.29, 0.717) is 22.8 Å². The molecule has 2 N–H and O–H groups in total. The Morgan fingerprint density at radius 3 is 2.71 bits per heavy atom. The molecule has 1 heterocycles. The number of nitrogens with one attached hydrogen (secondary N) is 1. The summed E-state index contributed by atoms with van der Waals surface area (Å²) in [6.45, 7) is 4.61. The van der Waals surface area contributed by atoms with E-state index >= 15 is 0 Å². The predicted octanol–water partition coefficient (Wildman–Crippen LogP) is 3.65. The number of nitrogens with zero attached hydrogens (tertiary/aromatic N) is 1. The molecule has 0 unspecified atom stereocenters. The quantitative estimate of drug-likeness (QED) is 0.891. The van der Waals surface area contributed by atoms with Crippen LogP contribution in [0, 0.1) is 5.41 Å². The number of carboxylic acid groups (broad SMARTS) is 1. The molecule has 114 valence electrons. The van der Waals surface area contributed by atoms with Gasteiger partial charge in [0.05, 0.1) is 0 Å². The van der Waals surface area contributed by atoms with Crippen LogP contribution in [0.15, 0.2) is 6.07 Å². The first-order valence-electron chi connectivity index (χ1n) is 7.97. The summed E-state index contributed by atoms with van der Waals surface area (Å²) in [6, 6.07) is 2.18. The van der Waals surface area contributed by atoms with Gasteiger partial charge in [0.25, 0.3) is 0 Å². The monoisotopic (exact) mass is 288 g/mol. The van der Waals surface area contributed by atoms with Gasteiger partial charge in [0.15, 0.2) is 0 Å². The Labute approximate surface area is 126 Å². The minimum absolute atomic E-state index is 0.334. The third-order valence-electron chi connectivity index (χ3n) is 4.96. The summed E-state index contributed by atoms with van der Waals surface area (Å²) in [4.78, 5) is 16.1. The van der Waals surface area contributed by atoms with Crippen molar-refractivity contribution in [2.24, 2.45) is 5.41 Å². The van der Waals surface area contributed by atoms with Gasteiger partial charge in [-0.05, 0) is 62.0 Å². The van der Waals surface area contributed by atoms with E-state index in [9.17, 15) is 9.90 Å². The van der Waals surface area contributed by atoms with Gasteiger partial charge in [-0.3, -0.25) is 0 Å². The molecule has 21 heavy (non-hydrogen) atoms. The van der Waals surface area contributed by atoms with Gasteiger partial charge in [0.2, 0.25) is 0 Å². The third-order valence-corrected chi connectivity index (χ3v) is 4.96. The Bertz CT molecular complexity index is 556. The van der Waals surface area contributed by atoms with Crippen LogP contribution in [0.1, 0.15) is 67.6 Å². The molecule has 0 atom stereocenters. The largest absolute Gasteiger partial charge is 0.478 e. The molecule has 0 aliphatic heterocycles. The number of aryl methyl sites for hydroxylation is 2. The van der Waals surface area contributed by atoms with Crippen LogP contribution in [0.5, 0.6) is 0 Å². The number of hydrogen-bond donors (Lipinski definition) is 2. The van der Waals surface area contributed by atoms with Crippen LogP contribution in [0.2, 0.25) is 0 Å². The van der Waals surface area contributed by atoms with Gasteiger partial charge in [-0.2, -0.15) is 0 Å². The fourth-order valence-electron chi connectivity index (χ4n) is 3.48. The van der Waals surface area contributed by atoms with E-state index in [0.717, 1.165) is 43.4 Å². The highest BCUT2D eigenvalue weighted by Gasteiger charge is 2.28. The van der Waals surface area contributed by atoms with Gasteiger partial charge in [0.1, 0.15) is 11.4 Å². The van der Waals surface area contributed by atoms with E-state index in [1.54, 1.807) is 0 Å². The normalized spacial score (nSPS) is 21.0. The van der Waals surface area contributed by atoms with Crippen LogP contribution in [-0.4, -0.2) is 22.1 Å². The highest BCUT2D eigenvalue weighted by atomic mass is 16.4. The molecule has 4 nitrogen and oxygen atoms in total. The number of anilines is 1. The molecule has 0 aromatic carbocycles. The maximum Gasteiger partial charge on any atom is 0.339 e. The van der Waals surface area contributed by atoms with Crippen molar-refractivity contribution in [1.82, 2.24) is 4.98 Å². The summed E-state index contributed by atoms with van der Waals surface area (Å²) >= 11 is 0. The van der Waals surface area contributed by atoms with Crippen molar-refractivity contribution in [3.05, 3.63) is 22.9 Å². The SMILES string of the molecule is CC1(C)CCC(Nc2nc3c(cc2C(=O)O)CCC3)CC1. The Kier molecular flexibility index (Phi) is 3.64. The van der Waals surface area contributed by atoms with E-state index in [4.69, 9.17) is 0 Å². The number of rotatable bonds is 3. The maximum absolute atomic E-state index is 11.5. The molecule has 1 aromatic rings. The molecule has 0 bridgehead atoms.